The Kier molecular flexibility index (Phi) is 6.28. The van der Waals surface area contributed by atoms with Gasteiger partial charge in [0.1, 0.15) is 0 Å². The highest BCUT2D eigenvalue weighted by atomic mass is 16.5. The van der Waals surface area contributed by atoms with E-state index in [1.54, 1.807) is 19.2 Å². The van der Waals surface area contributed by atoms with Gasteiger partial charge in [-0.25, -0.2) is 9.79 Å². The van der Waals surface area contributed by atoms with Crippen LogP contribution in [0.25, 0.3) is 0 Å². The van der Waals surface area contributed by atoms with E-state index in [4.69, 9.17) is 15.5 Å². The molecule has 2 aromatic carbocycles. The Balaban J connectivity index is 1.69. The maximum atomic E-state index is 11.8. The van der Waals surface area contributed by atoms with Gasteiger partial charge < -0.3 is 15.6 Å². The van der Waals surface area contributed by atoms with E-state index in [9.17, 15) is 14.7 Å². The number of rotatable bonds is 6. The second kappa shape index (κ2) is 9.12. The van der Waals surface area contributed by atoms with E-state index < -0.39 is 5.97 Å². The topological polar surface area (TPSA) is 105 Å². The smallest absolute Gasteiger partial charge is 0.335 e. The summed E-state index contributed by atoms with van der Waals surface area (Å²) in [5.74, 6) is -0.818. The summed E-state index contributed by atoms with van der Waals surface area (Å²) in [6.07, 6.45) is 5.40. The Hall–Kier alpha value is -3.19. The predicted octanol–water partition coefficient (Wildman–Crippen LogP) is 3.53. The fraction of sp³-hybridized carbons (Fsp3) is 0.400. The van der Waals surface area contributed by atoms with Crippen molar-refractivity contribution in [3.63, 3.8) is 0 Å². The summed E-state index contributed by atoms with van der Waals surface area (Å²) >= 11 is 0. The summed E-state index contributed by atoms with van der Waals surface area (Å²) in [5.41, 5.74) is 9.40. The summed E-state index contributed by atoms with van der Waals surface area (Å²) in [4.78, 5) is 29.7. The summed E-state index contributed by atoms with van der Waals surface area (Å²) < 4.78 is 5.57. The number of hydrogen-bond donors (Lipinski definition) is 2. The first-order valence-corrected chi connectivity index (χ1v) is 10.9. The van der Waals surface area contributed by atoms with Gasteiger partial charge in [0.2, 0.25) is 6.41 Å². The molecule has 1 unspecified atom stereocenters. The summed E-state index contributed by atoms with van der Waals surface area (Å²) in [5, 5.41) is 9.51. The molecule has 0 heterocycles. The normalized spacial score (nSPS) is 24.8. The van der Waals surface area contributed by atoms with Crippen LogP contribution in [-0.2, 0) is 22.5 Å². The first kappa shape index (κ1) is 22.0. The van der Waals surface area contributed by atoms with Crippen molar-refractivity contribution >= 4 is 18.3 Å². The van der Waals surface area contributed by atoms with Crippen LogP contribution in [0.15, 0.2) is 53.5 Å². The van der Waals surface area contributed by atoms with E-state index in [0.717, 1.165) is 48.8 Å². The van der Waals surface area contributed by atoms with Gasteiger partial charge in [-0.15, -0.1) is 0 Å². The molecule has 0 radical (unpaired) electrons. The molecule has 2 aromatic rings. The second-order valence-electron chi connectivity index (χ2n) is 8.80. The molecule has 0 aliphatic heterocycles. The number of ether oxygens (including phenoxy) is 1. The van der Waals surface area contributed by atoms with E-state index in [-0.39, 0.29) is 29.1 Å². The van der Waals surface area contributed by atoms with Gasteiger partial charge in [-0.05, 0) is 60.9 Å². The highest BCUT2D eigenvalue weighted by Gasteiger charge is 2.48. The number of fused-ring (bicyclic) bond motifs is 1. The van der Waals surface area contributed by atoms with E-state index in [0.29, 0.717) is 13.0 Å². The molecule has 168 valence electrons. The van der Waals surface area contributed by atoms with Crippen LogP contribution >= 0.6 is 0 Å². The molecule has 1 saturated carbocycles. The standard InChI is InChI=1S/C25H29N3O4/c1-32-20-9-11-25(12-10-20)14-19-8-7-18(23(30)31)13-21(19)22(25)27-24(26)28(16-29)15-17-5-3-2-4-6-17/h2-8,13,16,20,22H,9-12,14-15H2,1H3,(H2,26,27)(H,30,31). The third kappa shape index (κ3) is 4.25. The van der Waals surface area contributed by atoms with E-state index in [2.05, 4.69) is 0 Å². The average Bonchev–Trinajstić information content (AvgIpc) is 3.10. The summed E-state index contributed by atoms with van der Waals surface area (Å²) in [7, 11) is 1.74. The minimum Gasteiger partial charge on any atom is -0.478 e. The van der Waals surface area contributed by atoms with Crippen LogP contribution in [0.3, 0.4) is 0 Å². The van der Waals surface area contributed by atoms with Gasteiger partial charge in [0.15, 0.2) is 5.96 Å². The molecule has 0 saturated heterocycles. The molecule has 4 rings (SSSR count). The highest BCUT2D eigenvalue weighted by molar-refractivity contribution is 5.89. The van der Waals surface area contributed by atoms with Gasteiger partial charge in [-0.1, -0.05) is 36.4 Å². The molecule has 7 nitrogen and oxygen atoms in total. The third-order valence-electron chi connectivity index (χ3n) is 6.95. The fourth-order valence-corrected chi connectivity index (χ4v) is 5.17. The summed E-state index contributed by atoms with van der Waals surface area (Å²) in [6.45, 7) is 0.327. The lowest BCUT2D eigenvalue weighted by atomic mass is 9.68. The molecule has 32 heavy (non-hydrogen) atoms. The van der Waals surface area contributed by atoms with Crippen molar-refractivity contribution in [2.75, 3.05) is 7.11 Å². The summed E-state index contributed by atoms with van der Waals surface area (Å²) in [6, 6.07) is 14.6. The van der Waals surface area contributed by atoms with Gasteiger partial charge in [0.25, 0.3) is 0 Å². The lowest BCUT2D eigenvalue weighted by Gasteiger charge is -2.40. The van der Waals surface area contributed by atoms with E-state index in [1.165, 1.54) is 4.90 Å². The maximum absolute atomic E-state index is 11.8. The molecule has 1 amide bonds. The van der Waals surface area contributed by atoms with Crippen LogP contribution in [-0.4, -0.2) is 41.6 Å². The van der Waals surface area contributed by atoms with Gasteiger partial charge in [-0.3, -0.25) is 9.69 Å². The minimum absolute atomic E-state index is 0.149. The highest BCUT2D eigenvalue weighted by Crippen LogP contribution is 2.56. The minimum atomic E-state index is -0.967. The van der Waals surface area contributed by atoms with Crippen LogP contribution in [0.5, 0.6) is 0 Å². The number of aromatic carboxylic acids is 1. The van der Waals surface area contributed by atoms with Crippen molar-refractivity contribution in [2.45, 2.75) is 50.8 Å². The number of benzene rings is 2. The van der Waals surface area contributed by atoms with Crippen molar-refractivity contribution in [2.24, 2.45) is 16.1 Å². The number of carboxylic acid groups (broad SMARTS) is 1. The predicted molar refractivity (Wildman–Crippen MR) is 121 cm³/mol. The number of nitrogens with zero attached hydrogens (tertiary/aromatic N) is 2. The third-order valence-corrected chi connectivity index (χ3v) is 6.95. The molecule has 2 aliphatic carbocycles. The number of aliphatic imine (C=N–C) groups is 1. The number of carbonyl (C=O) groups excluding carboxylic acids is 1. The number of carbonyl (C=O) groups is 2. The molecule has 1 fully saturated rings. The number of methoxy groups -OCH3 is 1. The van der Waals surface area contributed by atoms with E-state index in [1.807, 2.05) is 36.4 Å². The first-order valence-electron chi connectivity index (χ1n) is 10.9. The zero-order chi connectivity index (χ0) is 22.7. The molecule has 7 heteroatoms. The Morgan fingerprint density at radius 2 is 1.97 bits per heavy atom. The van der Waals surface area contributed by atoms with Crippen LogP contribution in [0.2, 0.25) is 0 Å². The molecule has 1 spiro atoms. The fourth-order valence-electron chi connectivity index (χ4n) is 5.17. The number of nitrogens with two attached hydrogens (primary N) is 1. The Morgan fingerprint density at radius 1 is 1.25 bits per heavy atom. The van der Waals surface area contributed by atoms with Gasteiger partial charge >= 0.3 is 5.97 Å². The maximum Gasteiger partial charge on any atom is 0.335 e. The average molecular weight is 436 g/mol. The van der Waals surface area contributed by atoms with Crippen molar-refractivity contribution in [3.8, 4) is 0 Å². The lowest BCUT2D eigenvalue weighted by molar-refractivity contribution is -0.115. The first-order chi connectivity index (χ1) is 15.5. The van der Waals surface area contributed by atoms with Crippen molar-refractivity contribution in [1.29, 1.82) is 0 Å². The number of carboxylic acids is 1. The van der Waals surface area contributed by atoms with Crippen molar-refractivity contribution in [1.82, 2.24) is 4.90 Å². The van der Waals surface area contributed by atoms with Gasteiger partial charge in [-0.2, -0.15) is 0 Å². The zero-order valence-electron chi connectivity index (χ0n) is 18.2. The Morgan fingerprint density at radius 3 is 2.59 bits per heavy atom. The molecular weight excluding hydrogens is 406 g/mol. The van der Waals surface area contributed by atoms with Crippen LogP contribution in [0.1, 0.15) is 58.8 Å². The van der Waals surface area contributed by atoms with Gasteiger partial charge in [0, 0.05) is 12.5 Å². The number of guanidine groups is 1. The van der Waals surface area contributed by atoms with Crippen molar-refractivity contribution in [3.05, 3.63) is 70.8 Å². The monoisotopic (exact) mass is 435 g/mol. The lowest BCUT2D eigenvalue weighted by Crippen LogP contribution is -2.39. The number of amides is 1. The van der Waals surface area contributed by atoms with Crippen LogP contribution < -0.4 is 5.73 Å². The quantitative estimate of drug-likeness (QED) is 0.410. The van der Waals surface area contributed by atoms with E-state index >= 15 is 0 Å². The Bertz CT molecular complexity index is 1010. The van der Waals surface area contributed by atoms with Crippen LogP contribution in [0, 0.1) is 5.41 Å². The largest absolute Gasteiger partial charge is 0.478 e. The molecule has 0 aromatic heterocycles. The molecule has 1 atom stereocenters. The van der Waals surface area contributed by atoms with Crippen molar-refractivity contribution < 1.29 is 19.4 Å². The molecule has 3 N–H and O–H groups in total. The zero-order valence-corrected chi connectivity index (χ0v) is 18.2. The molecule has 2 aliphatic rings. The molecule has 0 bridgehead atoms. The van der Waals surface area contributed by atoms with Crippen LogP contribution in [0.4, 0.5) is 0 Å². The van der Waals surface area contributed by atoms with Gasteiger partial charge in [0.05, 0.1) is 24.3 Å². The Labute approximate surface area is 187 Å². The number of hydrogen-bond acceptors (Lipinski definition) is 4. The molecular formula is C25H29N3O4. The SMILES string of the molecule is COC1CCC2(CC1)Cc1ccc(C(=O)O)cc1C2N=C(N)N(C=O)Cc1ccccc1. The second-order valence-corrected chi connectivity index (χ2v) is 8.80.